The van der Waals surface area contributed by atoms with Gasteiger partial charge in [0.25, 0.3) is 0 Å². The Morgan fingerprint density at radius 2 is 2.05 bits per heavy atom. The Morgan fingerprint density at radius 3 is 2.68 bits per heavy atom. The van der Waals surface area contributed by atoms with Crippen LogP contribution in [0.4, 0.5) is 0 Å². The maximum Gasteiger partial charge on any atom is 0.223 e. The number of carbonyl (C=O) groups is 1. The van der Waals surface area contributed by atoms with Gasteiger partial charge in [-0.1, -0.05) is 12.1 Å². The summed E-state index contributed by atoms with van der Waals surface area (Å²) in [5, 5.41) is 3.11. The molecule has 1 saturated heterocycles. The molecule has 1 aliphatic rings. The number of rotatable bonds is 4. The first-order chi connectivity index (χ1) is 10.7. The molecular formula is C17H21N3O2. The molecule has 116 valence electrons. The van der Waals surface area contributed by atoms with Crippen molar-refractivity contribution in [1.82, 2.24) is 14.9 Å². The number of ether oxygens (including phenoxy) is 1. The number of nitrogens with zero attached hydrogens (tertiary/aromatic N) is 2. The zero-order valence-electron chi connectivity index (χ0n) is 12.7. The van der Waals surface area contributed by atoms with Gasteiger partial charge in [-0.2, -0.15) is 0 Å². The Labute approximate surface area is 130 Å². The highest BCUT2D eigenvalue weighted by molar-refractivity contribution is 5.79. The Hall–Kier alpha value is -2.14. The number of carbonyl (C=O) groups excluding carboxylic acids is 1. The van der Waals surface area contributed by atoms with Crippen molar-refractivity contribution in [3.8, 4) is 5.69 Å². The van der Waals surface area contributed by atoms with Crippen LogP contribution in [0.25, 0.3) is 5.69 Å². The summed E-state index contributed by atoms with van der Waals surface area (Å²) in [6, 6.07) is 8.17. The third-order valence-electron chi connectivity index (χ3n) is 4.15. The molecule has 0 radical (unpaired) electrons. The largest absolute Gasteiger partial charge is 0.381 e. The van der Waals surface area contributed by atoms with E-state index in [4.69, 9.17) is 4.74 Å². The number of benzene rings is 1. The number of aromatic nitrogens is 2. The summed E-state index contributed by atoms with van der Waals surface area (Å²) < 4.78 is 7.25. The molecular weight excluding hydrogens is 278 g/mol. The summed E-state index contributed by atoms with van der Waals surface area (Å²) in [6.45, 7) is 3.39. The van der Waals surface area contributed by atoms with Crippen LogP contribution in [0.5, 0.6) is 0 Å². The molecule has 22 heavy (non-hydrogen) atoms. The Bertz CT molecular complexity index is 601. The van der Waals surface area contributed by atoms with Crippen molar-refractivity contribution in [2.24, 2.45) is 5.92 Å². The maximum atomic E-state index is 12.3. The van der Waals surface area contributed by atoms with Gasteiger partial charge in [0.05, 0.1) is 12.4 Å². The molecule has 2 aromatic rings. The van der Waals surface area contributed by atoms with Crippen molar-refractivity contribution in [3.63, 3.8) is 0 Å². The van der Waals surface area contributed by atoms with E-state index >= 15 is 0 Å². The zero-order chi connectivity index (χ0) is 15.4. The molecule has 2 heterocycles. The fraction of sp³-hybridized carbons (Fsp3) is 0.412. The first kappa shape index (κ1) is 14.8. The van der Waals surface area contributed by atoms with Crippen molar-refractivity contribution in [2.45, 2.75) is 25.8 Å². The number of nitrogens with one attached hydrogen (secondary N) is 1. The number of hydrogen-bond acceptors (Lipinski definition) is 3. The second kappa shape index (κ2) is 6.75. The standard InChI is InChI=1S/C17H21N3O2/c1-13(19-17(21)15-6-10-22-11-7-15)14-2-4-16(5-3-14)20-9-8-18-12-20/h2-5,8-9,12-13,15H,6-7,10-11H2,1H3,(H,19,21)/t13-/m1/s1. The average molecular weight is 299 g/mol. The van der Waals surface area contributed by atoms with Gasteiger partial charge >= 0.3 is 0 Å². The summed E-state index contributed by atoms with van der Waals surface area (Å²) in [4.78, 5) is 16.3. The van der Waals surface area contributed by atoms with Crippen LogP contribution in [0, 0.1) is 5.92 Å². The molecule has 1 atom stereocenters. The molecule has 0 bridgehead atoms. The first-order valence-electron chi connectivity index (χ1n) is 7.70. The topological polar surface area (TPSA) is 56.1 Å². The van der Waals surface area contributed by atoms with Crippen molar-refractivity contribution in [3.05, 3.63) is 48.5 Å². The SMILES string of the molecule is C[C@@H](NC(=O)C1CCOCC1)c1ccc(-n2ccnc2)cc1. The van der Waals surface area contributed by atoms with E-state index in [1.807, 2.05) is 42.0 Å². The minimum Gasteiger partial charge on any atom is -0.381 e. The van der Waals surface area contributed by atoms with Crippen LogP contribution in [0.2, 0.25) is 0 Å². The smallest absolute Gasteiger partial charge is 0.223 e. The third kappa shape index (κ3) is 3.36. The highest BCUT2D eigenvalue weighted by Crippen LogP contribution is 2.19. The van der Waals surface area contributed by atoms with Crippen LogP contribution in [0.15, 0.2) is 43.0 Å². The summed E-state index contributed by atoms with van der Waals surface area (Å²) in [7, 11) is 0. The van der Waals surface area contributed by atoms with Crippen LogP contribution in [-0.4, -0.2) is 28.7 Å². The molecule has 1 N–H and O–H groups in total. The van der Waals surface area contributed by atoms with E-state index in [-0.39, 0.29) is 17.9 Å². The van der Waals surface area contributed by atoms with Gasteiger partial charge in [-0.15, -0.1) is 0 Å². The van der Waals surface area contributed by atoms with Crippen molar-refractivity contribution >= 4 is 5.91 Å². The normalized spacial score (nSPS) is 17.1. The van der Waals surface area contributed by atoms with Gasteiger partial charge in [-0.05, 0) is 37.5 Å². The highest BCUT2D eigenvalue weighted by Gasteiger charge is 2.22. The van der Waals surface area contributed by atoms with Crippen molar-refractivity contribution in [2.75, 3.05) is 13.2 Å². The van der Waals surface area contributed by atoms with Gasteiger partial charge < -0.3 is 14.6 Å². The molecule has 1 fully saturated rings. The Morgan fingerprint density at radius 1 is 1.32 bits per heavy atom. The number of amides is 1. The van der Waals surface area contributed by atoms with E-state index < -0.39 is 0 Å². The molecule has 0 saturated carbocycles. The van der Waals surface area contributed by atoms with E-state index in [0.29, 0.717) is 13.2 Å². The maximum absolute atomic E-state index is 12.3. The molecule has 0 aliphatic carbocycles. The van der Waals surface area contributed by atoms with E-state index in [1.165, 1.54) is 0 Å². The molecule has 1 amide bonds. The van der Waals surface area contributed by atoms with E-state index in [1.54, 1.807) is 12.5 Å². The first-order valence-corrected chi connectivity index (χ1v) is 7.70. The highest BCUT2D eigenvalue weighted by atomic mass is 16.5. The van der Waals surface area contributed by atoms with Crippen LogP contribution in [-0.2, 0) is 9.53 Å². The molecule has 1 aromatic carbocycles. The Balaban J connectivity index is 1.62. The fourth-order valence-corrected chi connectivity index (χ4v) is 2.72. The molecule has 5 heteroatoms. The van der Waals surface area contributed by atoms with E-state index in [0.717, 1.165) is 24.1 Å². The van der Waals surface area contributed by atoms with Crippen LogP contribution >= 0.6 is 0 Å². The predicted molar refractivity (Wildman–Crippen MR) is 83.7 cm³/mol. The van der Waals surface area contributed by atoms with Crippen molar-refractivity contribution < 1.29 is 9.53 Å². The van der Waals surface area contributed by atoms with Gasteiger partial charge in [-0.3, -0.25) is 4.79 Å². The van der Waals surface area contributed by atoms with Crippen molar-refractivity contribution in [1.29, 1.82) is 0 Å². The second-order valence-corrected chi connectivity index (χ2v) is 5.68. The Kier molecular flexibility index (Phi) is 4.53. The van der Waals surface area contributed by atoms with Crippen LogP contribution < -0.4 is 5.32 Å². The summed E-state index contributed by atoms with van der Waals surface area (Å²) in [5.74, 6) is 0.218. The van der Waals surface area contributed by atoms with Crippen LogP contribution in [0.1, 0.15) is 31.4 Å². The predicted octanol–water partition coefficient (Wildman–Crippen LogP) is 2.48. The van der Waals surface area contributed by atoms with E-state index in [9.17, 15) is 4.79 Å². The average Bonchev–Trinajstić information content (AvgIpc) is 3.10. The molecule has 0 spiro atoms. The lowest BCUT2D eigenvalue weighted by atomic mass is 9.98. The lowest BCUT2D eigenvalue weighted by Crippen LogP contribution is -2.35. The second-order valence-electron chi connectivity index (χ2n) is 5.68. The third-order valence-corrected chi connectivity index (χ3v) is 4.15. The molecule has 3 rings (SSSR count). The molecule has 1 aliphatic heterocycles. The number of hydrogen-bond donors (Lipinski definition) is 1. The minimum atomic E-state index is 0.00665. The zero-order valence-corrected chi connectivity index (χ0v) is 12.7. The fourth-order valence-electron chi connectivity index (χ4n) is 2.72. The molecule has 5 nitrogen and oxygen atoms in total. The molecule has 0 unspecified atom stereocenters. The van der Waals surface area contributed by atoms with E-state index in [2.05, 4.69) is 10.3 Å². The lowest BCUT2D eigenvalue weighted by Gasteiger charge is -2.23. The summed E-state index contributed by atoms with van der Waals surface area (Å²) in [6.07, 6.45) is 7.07. The monoisotopic (exact) mass is 299 g/mol. The summed E-state index contributed by atoms with van der Waals surface area (Å²) >= 11 is 0. The van der Waals surface area contributed by atoms with Crippen LogP contribution in [0.3, 0.4) is 0 Å². The van der Waals surface area contributed by atoms with Gasteiger partial charge in [0, 0.05) is 37.2 Å². The lowest BCUT2D eigenvalue weighted by molar-refractivity contribution is -0.128. The minimum absolute atomic E-state index is 0.00665. The van der Waals surface area contributed by atoms with Gasteiger partial charge in [0.1, 0.15) is 0 Å². The quantitative estimate of drug-likeness (QED) is 0.943. The van der Waals surface area contributed by atoms with Gasteiger partial charge in [0.2, 0.25) is 5.91 Å². The van der Waals surface area contributed by atoms with Gasteiger partial charge in [-0.25, -0.2) is 4.98 Å². The van der Waals surface area contributed by atoms with Gasteiger partial charge in [0.15, 0.2) is 0 Å². The number of imidazole rings is 1. The molecule has 1 aromatic heterocycles. The summed E-state index contributed by atoms with van der Waals surface area (Å²) in [5.41, 5.74) is 2.16.